The number of rotatable bonds is 4. The number of aliphatic carboxylic acids is 1. The molecule has 0 spiro atoms. The van der Waals surface area contributed by atoms with Gasteiger partial charge < -0.3 is 14.6 Å². The van der Waals surface area contributed by atoms with Gasteiger partial charge in [-0.1, -0.05) is 19.3 Å². The Morgan fingerprint density at radius 3 is 2.24 bits per heavy atom. The van der Waals surface area contributed by atoms with E-state index < -0.39 is 11.4 Å². The van der Waals surface area contributed by atoms with Gasteiger partial charge in [0.2, 0.25) is 0 Å². The Morgan fingerprint density at radius 1 is 1.19 bits per heavy atom. The maximum absolute atomic E-state index is 12.0. The highest BCUT2D eigenvalue weighted by molar-refractivity contribution is 9.10. The SMILES string of the molecule is COc1c(Br)cc(C2(C(=O)O)CCCCC2)c(OC)c1C. The molecule has 0 radical (unpaired) electrons. The molecule has 1 fully saturated rings. The second-order valence-electron chi connectivity index (χ2n) is 5.55. The van der Waals surface area contributed by atoms with E-state index in [2.05, 4.69) is 15.9 Å². The number of carboxylic acid groups (broad SMARTS) is 1. The fourth-order valence-corrected chi connectivity index (χ4v) is 4.05. The summed E-state index contributed by atoms with van der Waals surface area (Å²) in [6, 6.07) is 1.85. The highest BCUT2D eigenvalue weighted by Gasteiger charge is 2.44. The monoisotopic (exact) mass is 356 g/mol. The summed E-state index contributed by atoms with van der Waals surface area (Å²) in [5.41, 5.74) is 0.723. The van der Waals surface area contributed by atoms with Crippen LogP contribution >= 0.6 is 15.9 Å². The average Bonchev–Trinajstić information content (AvgIpc) is 2.47. The summed E-state index contributed by atoms with van der Waals surface area (Å²) in [4.78, 5) is 12.0. The highest BCUT2D eigenvalue weighted by atomic mass is 79.9. The Kier molecular flexibility index (Phi) is 4.81. The number of hydrogen-bond donors (Lipinski definition) is 1. The van der Waals surface area contributed by atoms with E-state index >= 15 is 0 Å². The molecule has 0 aliphatic heterocycles. The van der Waals surface area contributed by atoms with Crippen LogP contribution in [0, 0.1) is 6.92 Å². The van der Waals surface area contributed by atoms with Crippen LogP contribution in [0.1, 0.15) is 43.2 Å². The van der Waals surface area contributed by atoms with Crippen molar-refractivity contribution in [2.45, 2.75) is 44.4 Å². The summed E-state index contributed by atoms with van der Waals surface area (Å²) in [6.45, 7) is 1.89. The number of methoxy groups -OCH3 is 2. The van der Waals surface area contributed by atoms with Crippen molar-refractivity contribution in [2.24, 2.45) is 0 Å². The number of carbonyl (C=O) groups is 1. The number of benzene rings is 1. The lowest BCUT2D eigenvalue weighted by atomic mass is 9.69. The van der Waals surface area contributed by atoms with E-state index in [1.54, 1.807) is 14.2 Å². The van der Waals surface area contributed by atoms with Crippen molar-refractivity contribution >= 4 is 21.9 Å². The molecular formula is C16H21BrO4. The normalized spacial score (nSPS) is 17.3. The van der Waals surface area contributed by atoms with Crippen LogP contribution < -0.4 is 9.47 Å². The Labute approximate surface area is 133 Å². The molecule has 4 nitrogen and oxygen atoms in total. The van der Waals surface area contributed by atoms with Gasteiger partial charge in [-0.3, -0.25) is 4.79 Å². The molecule has 1 aromatic carbocycles. The van der Waals surface area contributed by atoms with Crippen LogP contribution in [-0.4, -0.2) is 25.3 Å². The molecule has 1 aromatic rings. The van der Waals surface area contributed by atoms with E-state index in [4.69, 9.17) is 9.47 Å². The maximum atomic E-state index is 12.0. The van der Waals surface area contributed by atoms with Gasteiger partial charge in [0.25, 0.3) is 0 Å². The van der Waals surface area contributed by atoms with Crippen molar-refractivity contribution in [1.82, 2.24) is 0 Å². The molecule has 0 bridgehead atoms. The zero-order chi connectivity index (χ0) is 15.6. The third-order valence-corrected chi connectivity index (χ3v) is 5.04. The molecule has 0 atom stereocenters. The average molecular weight is 357 g/mol. The largest absolute Gasteiger partial charge is 0.496 e. The van der Waals surface area contributed by atoms with Gasteiger partial charge in [-0.25, -0.2) is 0 Å². The van der Waals surface area contributed by atoms with Gasteiger partial charge in [-0.2, -0.15) is 0 Å². The Bertz CT molecular complexity index is 548. The molecule has 0 aromatic heterocycles. The third-order valence-electron chi connectivity index (χ3n) is 4.45. The number of hydrogen-bond acceptors (Lipinski definition) is 3. The number of halogens is 1. The fraction of sp³-hybridized carbons (Fsp3) is 0.562. The predicted octanol–water partition coefficient (Wildman–Crippen LogP) is 4.06. The van der Waals surface area contributed by atoms with E-state index in [0.717, 1.165) is 34.9 Å². The summed E-state index contributed by atoms with van der Waals surface area (Å²) >= 11 is 3.49. The van der Waals surface area contributed by atoms with E-state index in [1.165, 1.54) is 0 Å². The van der Waals surface area contributed by atoms with Crippen LogP contribution in [0.2, 0.25) is 0 Å². The lowest BCUT2D eigenvalue weighted by molar-refractivity contribution is -0.145. The van der Waals surface area contributed by atoms with Gasteiger partial charge in [-0.05, 0) is 41.8 Å². The third kappa shape index (κ3) is 2.63. The number of carboxylic acids is 1. The second kappa shape index (κ2) is 6.26. The van der Waals surface area contributed by atoms with Gasteiger partial charge in [-0.15, -0.1) is 0 Å². The maximum Gasteiger partial charge on any atom is 0.314 e. The first kappa shape index (κ1) is 16.1. The summed E-state index contributed by atoms with van der Waals surface area (Å²) in [5, 5.41) is 9.87. The highest BCUT2D eigenvalue weighted by Crippen LogP contribution is 2.48. The van der Waals surface area contributed by atoms with Gasteiger partial charge in [0, 0.05) is 11.1 Å². The minimum Gasteiger partial charge on any atom is -0.496 e. The van der Waals surface area contributed by atoms with Crippen LogP contribution in [0.15, 0.2) is 10.5 Å². The molecule has 0 heterocycles. The van der Waals surface area contributed by atoms with Gasteiger partial charge in [0.05, 0.1) is 24.1 Å². The lowest BCUT2D eigenvalue weighted by Gasteiger charge is -2.35. The summed E-state index contributed by atoms with van der Waals surface area (Å²) in [7, 11) is 3.18. The summed E-state index contributed by atoms with van der Waals surface area (Å²) in [6.07, 6.45) is 4.25. The van der Waals surface area contributed by atoms with Crippen LogP contribution in [0.4, 0.5) is 0 Å². The first-order chi connectivity index (χ1) is 9.97. The smallest absolute Gasteiger partial charge is 0.314 e. The molecule has 21 heavy (non-hydrogen) atoms. The van der Waals surface area contributed by atoms with Crippen LogP contribution in [0.5, 0.6) is 11.5 Å². The minimum absolute atomic E-state index is 0.624. The van der Waals surface area contributed by atoms with Crippen molar-refractivity contribution < 1.29 is 19.4 Å². The van der Waals surface area contributed by atoms with E-state index in [-0.39, 0.29) is 0 Å². The predicted molar refractivity (Wildman–Crippen MR) is 84.4 cm³/mol. The topological polar surface area (TPSA) is 55.8 Å². The second-order valence-corrected chi connectivity index (χ2v) is 6.40. The van der Waals surface area contributed by atoms with E-state index in [1.807, 2.05) is 13.0 Å². The first-order valence-electron chi connectivity index (χ1n) is 7.13. The number of ether oxygens (including phenoxy) is 2. The summed E-state index contributed by atoms with van der Waals surface area (Å²) < 4.78 is 11.7. The molecule has 1 aliphatic rings. The molecule has 1 saturated carbocycles. The minimum atomic E-state index is -0.858. The molecule has 0 saturated heterocycles. The molecule has 1 N–H and O–H groups in total. The fourth-order valence-electron chi connectivity index (χ4n) is 3.36. The van der Waals surface area contributed by atoms with Crippen LogP contribution in [0.25, 0.3) is 0 Å². The van der Waals surface area contributed by atoms with Gasteiger partial charge >= 0.3 is 5.97 Å². The molecule has 2 rings (SSSR count). The standard InChI is InChI=1S/C16H21BrO4/c1-10-13(20-2)11(9-12(17)14(10)21-3)16(15(18)19)7-5-4-6-8-16/h9H,4-8H2,1-3H3,(H,18,19). The van der Waals surface area contributed by atoms with Gasteiger partial charge in [0.1, 0.15) is 11.5 Å². The van der Waals surface area contributed by atoms with Crippen LogP contribution in [0.3, 0.4) is 0 Å². The Balaban J connectivity index is 2.68. The summed E-state index contributed by atoms with van der Waals surface area (Å²) in [5.74, 6) is 0.545. The Morgan fingerprint density at radius 2 is 1.76 bits per heavy atom. The van der Waals surface area contributed by atoms with E-state index in [0.29, 0.717) is 24.3 Å². The molecule has 0 unspecified atom stereocenters. The van der Waals surface area contributed by atoms with Crippen molar-refractivity contribution in [2.75, 3.05) is 14.2 Å². The molecule has 0 amide bonds. The zero-order valence-corrected chi connectivity index (χ0v) is 14.2. The quantitative estimate of drug-likeness (QED) is 0.883. The van der Waals surface area contributed by atoms with Crippen LogP contribution in [-0.2, 0) is 10.2 Å². The first-order valence-corrected chi connectivity index (χ1v) is 7.92. The molecular weight excluding hydrogens is 336 g/mol. The lowest BCUT2D eigenvalue weighted by Crippen LogP contribution is -2.38. The van der Waals surface area contributed by atoms with Crippen molar-refractivity contribution in [3.8, 4) is 11.5 Å². The van der Waals surface area contributed by atoms with E-state index in [9.17, 15) is 9.90 Å². The van der Waals surface area contributed by atoms with Crippen molar-refractivity contribution in [3.63, 3.8) is 0 Å². The van der Waals surface area contributed by atoms with Gasteiger partial charge in [0.15, 0.2) is 0 Å². The Hall–Kier alpha value is -1.23. The van der Waals surface area contributed by atoms with Crippen molar-refractivity contribution in [3.05, 3.63) is 21.7 Å². The van der Waals surface area contributed by atoms with Crippen molar-refractivity contribution in [1.29, 1.82) is 0 Å². The molecule has 5 heteroatoms. The molecule has 1 aliphatic carbocycles. The molecule has 116 valence electrons. The zero-order valence-electron chi connectivity index (χ0n) is 12.7.